The Morgan fingerprint density at radius 3 is 2.82 bits per heavy atom. The highest BCUT2D eigenvalue weighted by atomic mass is 16.5. The molecule has 33 heavy (non-hydrogen) atoms. The maximum Gasteiger partial charge on any atom is 0.257 e. The standard InChI is InChI=1S/C25H20N4O4/c1-15-20-11-17(13-26-25(20)33-29-15)24(30)28-18-9-10-22(31-2)23(12-18)32-14-19-8-7-16-5-3-4-6-21(16)27-19/h3-13H,14H2,1-2H3,(H,28,30). The highest BCUT2D eigenvalue weighted by Gasteiger charge is 2.14. The van der Waals surface area contributed by atoms with Crippen molar-refractivity contribution in [2.45, 2.75) is 13.5 Å². The molecule has 1 amide bonds. The highest BCUT2D eigenvalue weighted by molar-refractivity contribution is 6.05. The molecule has 8 nitrogen and oxygen atoms in total. The van der Waals surface area contributed by atoms with E-state index in [1.54, 1.807) is 38.3 Å². The van der Waals surface area contributed by atoms with E-state index in [9.17, 15) is 4.79 Å². The van der Waals surface area contributed by atoms with Crippen LogP contribution in [0, 0.1) is 6.92 Å². The van der Waals surface area contributed by atoms with Crippen LogP contribution in [0.3, 0.4) is 0 Å². The molecule has 3 aromatic heterocycles. The second-order valence-corrected chi connectivity index (χ2v) is 7.45. The van der Waals surface area contributed by atoms with Crippen LogP contribution in [0.1, 0.15) is 21.7 Å². The summed E-state index contributed by atoms with van der Waals surface area (Å²) in [5.74, 6) is 0.739. The summed E-state index contributed by atoms with van der Waals surface area (Å²) in [5, 5.41) is 8.50. The molecule has 0 aliphatic rings. The molecule has 2 aromatic carbocycles. The number of carbonyl (C=O) groups is 1. The van der Waals surface area contributed by atoms with Gasteiger partial charge in [-0.3, -0.25) is 4.79 Å². The Kier molecular flexibility index (Phi) is 5.32. The van der Waals surface area contributed by atoms with Crippen molar-refractivity contribution in [2.75, 3.05) is 12.4 Å². The van der Waals surface area contributed by atoms with E-state index in [-0.39, 0.29) is 12.5 Å². The lowest BCUT2D eigenvalue weighted by molar-refractivity contribution is 0.102. The molecule has 164 valence electrons. The lowest BCUT2D eigenvalue weighted by Crippen LogP contribution is -2.12. The zero-order chi connectivity index (χ0) is 22.8. The first-order valence-electron chi connectivity index (χ1n) is 10.3. The Bertz CT molecular complexity index is 1480. The summed E-state index contributed by atoms with van der Waals surface area (Å²) in [6.45, 7) is 2.05. The number of nitrogens with zero attached hydrogens (tertiary/aromatic N) is 3. The zero-order valence-corrected chi connectivity index (χ0v) is 18.0. The molecule has 8 heteroatoms. The van der Waals surface area contributed by atoms with Crippen LogP contribution < -0.4 is 14.8 Å². The van der Waals surface area contributed by atoms with Gasteiger partial charge >= 0.3 is 0 Å². The van der Waals surface area contributed by atoms with E-state index in [0.29, 0.717) is 39.5 Å². The van der Waals surface area contributed by atoms with E-state index in [2.05, 4.69) is 20.4 Å². The summed E-state index contributed by atoms with van der Waals surface area (Å²) in [6, 6.07) is 18.7. The number of para-hydroxylation sites is 1. The second kappa shape index (κ2) is 8.58. The third-order valence-electron chi connectivity index (χ3n) is 5.23. The number of benzene rings is 2. The lowest BCUT2D eigenvalue weighted by atomic mass is 10.2. The van der Waals surface area contributed by atoms with Gasteiger partial charge in [0.05, 0.1) is 35.0 Å². The van der Waals surface area contributed by atoms with Crippen molar-refractivity contribution in [3.05, 3.63) is 83.8 Å². The smallest absolute Gasteiger partial charge is 0.257 e. The van der Waals surface area contributed by atoms with Gasteiger partial charge in [0.1, 0.15) is 6.61 Å². The molecule has 3 heterocycles. The number of anilines is 1. The summed E-state index contributed by atoms with van der Waals surface area (Å²) >= 11 is 0. The van der Waals surface area contributed by atoms with Crippen molar-refractivity contribution in [1.82, 2.24) is 15.1 Å². The normalized spacial score (nSPS) is 11.0. The Morgan fingerprint density at radius 2 is 1.94 bits per heavy atom. The van der Waals surface area contributed by atoms with Gasteiger partial charge in [0.2, 0.25) is 0 Å². The quantitative estimate of drug-likeness (QED) is 0.400. The van der Waals surface area contributed by atoms with E-state index in [0.717, 1.165) is 16.6 Å². The van der Waals surface area contributed by atoms with Crippen molar-refractivity contribution in [2.24, 2.45) is 0 Å². The number of nitrogens with one attached hydrogen (secondary N) is 1. The van der Waals surface area contributed by atoms with Crippen LogP contribution in [0.4, 0.5) is 5.69 Å². The Labute approximate surface area is 189 Å². The van der Waals surface area contributed by atoms with Gasteiger partial charge < -0.3 is 19.3 Å². The molecule has 1 N–H and O–H groups in total. The fraction of sp³-hybridized carbons (Fsp3) is 0.120. The van der Waals surface area contributed by atoms with Crippen LogP contribution in [0.25, 0.3) is 22.0 Å². The summed E-state index contributed by atoms with van der Waals surface area (Å²) in [4.78, 5) is 21.6. The molecule has 0 saturated heterocycles. The van der Waals surface area contributed by atoms with Gasteiger partial charge in [0.25, 0.3) is 11.6 Å². The lowest BCUT2D eigenvalue weighted by Gasteiger charge is -2.13. The molecule has 0 spiro atoms. The Hall–Kier alpha value is -4.46. The summed E-state index contributed by atoms with van der Waals surface area (Å²) in [5.41, 5.74) is 3.71. The van der Waals surface area contributed by atoms with Gasteiger partial charge in [-0.25, -0.2) is 9.97 Å². The van der Waals surface area contributed by atoms with E-state index >= 15 is 0 Å². The fourth-order valence-electron chi connectivity index (χ4n) is 3.48. The minimum atomic E-state index is -0.308. The second-order valence-electron chi connectivity index (χ2n) is 7.45. The van der Waals surface area contributed by atoms with Gasteiger partial charge in [0.15, 0.2) is 11.5 Å². The number of hydrogen-bond donors (Lipinski definition) is 1. The minimum Gasteiger partial charge on any atom is -0.493 e. The largest absolute Gasteiger partial charge is 0.493 e. The number of methoxy groups -OCH3 is 1. The third-order valence-corrected chi connectivity index (χ3v) is 5.23. The summed E-state index contributed by atoms with van der Waals surface area (Å²) in [7, 11) is 1.57. The Morgan fingerprint density at radius 1 is 1.06 bits per heavy atom. The maximum atomic E-state index is 12.8. The van der Waals surface area contributed by atoms with Gasteiger partial charge in [-0.2, -0.15) is 0 Å². The molecule has 0 radical (unpaired) electrons. The minimum absolute atomic E-state index is 0.256. The van der Waals surface area contributed by atoms with E-state index in [4.69, 9.17) is 14.0 Å². The summed E-state index contributed by atoms with van der Waals surface area (Å²) in [6.07, 6.45) is 1.45. The topological polar surface area (TPSA) is 99.4 Å². The number of fused-ring (bicyclic) bond motifs is 2. The van der Waals surface area contributed by atoms with E-state index < -0.39 is 0 Å². The van der Waals surface area contributed by atoms with E-state index in [1.807, 2.05) is 36.4 Å². The average Bonchev–Trinajstić information content (AvgIpc) is 3.22. The van der Waals surface area contributed by atoms with Crippen LogP contribution in [0.5, 0.6) is 11.5 Å². The Balaban J connectivity index is 1.34. The van der Waals surface area contributed by atoms with Crippen molar-refractivity contribution in [3.63, 3.8) is 0 Å². The molecule has 0 bridgehead atoms. The molecule has 0 fully saturated rings. The van der Waals surface area contributed by atoms with Crippen LogP contribution >= 0.6 is 0 Å². The monoisotopic (exact) mass is 440 g/mol. The predicted molar refractivity (Wildman–Crippen MR) is 124 cm³/mol. The molecule has 5 rings (SSSR count). The number of aryl methyl sites for hydroxylation is 1. The van der Waals surface area contributed by atoms with Gasteiger partial charge in [-0.15, -0.1) is 0 Å². The average molecular weight is 440 g/mol. The van der Waals surface area contributed by atoms with Crippen molar-refractivity contribution in [1.29, 1.82) is 0 Å². The van der Waals surface area contributed by atoms with Crippen molar-refractivity contribution in [3.8, 4) is 11.5 Å². The van der Waals surface area contributed by atoms with Gasteiger partial charge in [0, 0.05) is 23.3 Å². The number of aromatic nitrogens is 3. The van der Waals surface area contributed by atoms with Crippen LogP contribution in [-0.2, 0) is 6.61 Å². The number of ether oxygens (including phenoxy) is 2. The van der Waals surface area contributed by atoms with Crippen LogP contribution in [-0.4, -0.2) is 28.1 Å². The van der Waals surface area contributed by atoms with Crippen molar-refractivity contribution < 1.29 is 18.8 Å². The van der Waals surface area contributed by atoms with Gasteiger partial charge in [-0.1, -0.05) is 29.4 Å². The summed E-state index contributed by atoms with van der Waals surface area (Å²) < 4.78 is 16.5. The molecule has 0 saturated carbocycles. The van der Waals surface area contributed by atoms with Crippen LogP contribution in [0.15, 0.2) is 71.4 Å². The number of rotatable bonds is 6. The van der Waals surface area contributed by atoms with Gasteiger partial charge in [-0.05, 0) is 37.3 Å². The predicted octanol–water partition coefficient (Wildman–Crippen LogP) is 4.92. The molecule has 0 aliphatic heterocycles. The number of carbonyl (C=O) groups excluding carboxylic acids is 1. The number of pyridine rings is 2. The molecule has 0 atom stereocenters. The number of hydrogen-bond acceptors (Lipinski definition) is 7. The SMILES string of the molecule is COc1ccc(NC(=O)c2cnc3onc(C)c3c2)cc1OCc1ccc2ccccc2n1. The molecular formula is C25H20N4O4. The van der Waals surface area contributed by atoms with E-state index in [1.165, 1.54) is 6.20 Å². The zero-order valence-electron chi connectivity index (χ0n) is 18.0. The van der Waals surface area contributed by atoms with Crippen molar-refractivity contribution >= 4 is 33.6 Å². The molecule has 0 unspecified atom stereocenters. The molecule has 5 aromatic rings. The maximum absolute atomic E-state index is 12.8. The first-order valence-corrected chi connectivity index (χ1v) is 10.3. The van der Waals surface area contributed by atoms with Crippen LogP contribution in [0.2, 0.25) is 0 Å². The third kappa shape index (κ3) is 4.18. The first kappa shape index (κ1) is 20.4. The number of amides is 1. The molecular weight excluding hydrogens is 420 g/mol. The molecule has 0 aliphatic carbocycles. The highest BCUT2D eigenvalue weighted by Crippen LogP contribution is 2.31. The fourth-order valence-corrected chi connectivity index (χ4v) is 3.48. The first-order chi connectivity index (χ1) is 16.1.